The van der Waals surface area contributed by atoms with Crippen LogP contribution >= 0.6 is 0 Å². The second-order valence-electron chi connectivity index (χ2n) is 14.1. The minimum atomic E-state index is -1.85. The number of ketones is 4. The summed E-state index contributed by atoms with van der Waals surface area (Å²) in [5, 5.41) is 57.1. The SMILES string of the molecule is CC(=O)OC(C)C1C2=C(C(=O)CC1(C)O)C(=O)c1c(ccc(-c3ccc4cc5c(c(O)c4c3O)C(=O)CC(C)(O)C5C(C)OC(C)=O)c1O)C2=O. The highest BCUT2D eigenvalue weighted by Gasteiger charge is 2.54. The molecule has 0 aliphatic heterocycles. The van der Waals surface area contributed by atoms with Crippen molar-refractivity contribution in [2.75, 3.05) is 0 Å². The van der Waals surface area contributed by atoms with Crippen LogP contribution in [0.25, 0.3) is 21.9 Å². The highest BCUT2D eigenvalue weighted by molar-refractivity contribution is 6.38. The zero-order chi connectivity index (χ0) is 37.6. The Morgan fingerprint density at radius 1 is 0.706 bits per heavy atom. The monoisotopic (exact) mass is 700 g/mol. The highest BCUT2D eigenvalue weighted by Crippen LogP contribution is 2.52. The number of benzene rings is 3. The van der Waals surface area contributed by atoms with Crippen LogP contribution in [0.3, 0.4) is 0 Å². The lowest BCUT2D eigenvalue weighted by atomic mass is 9.64. The van der Waals surface area contributed by atoms with Crippen LogP contribution in [-0.2, 0) is 23.9 Å². The lowest BCUT2D eigenvalue weighted by molar-refractivity contribution is -0.153. The molecule has 0 spiro atoms. The van der Waals surface area contributed by atoms with Gasteiger partial charge in [0.15, 0.2) is 17.3 Å². The van der Waals surface area contributed by atoms with E-state index in [0.717, 1.165) is 6.92 Å². The summed E-state index contributed by atoms with van der Waals surface area (Å²) in [4.78, 5) is 78.1. The van der Waals surface area contributed by atoms with Gasteiger partial charge in [0.2, 0.25) is 5.78 Å². The molecule has 0 bridgehead atoms. The first kappa shape index (κ1) is 35.4. The number of carbonyl (C=O) groups is 6. The van der Waals surface area contributed by atoms with Crippen molar-refractivity contribution in [3.05, 3.63) is 63.7 Å². The molecule has 0 saturated carbocycles. The van der Waals surface area contributed by atoms with E-state index in [1.54, 1.807) is 6.92 Å². The van der Waals surface area contributed by atoms with E-state index in [2.05, 4.69) is 0 Å². The molecule has 6 rings (SSSR count). The van der Waals surface area contributed by atoms with Gasteiger partial charge in [-0.1, -0.05) is 6.07 Å². The summed E-state index contributed by atoms with van der Waals surface area (Å²) in [6, 6.07) is 6.81. The van der Waals surface area contributed by atoms with Crippen LogP contribution in [0.15, 0.2) is 41.5 Å². The second-order valence-corrected chi connectivity index (χ2v) is 14.1. The average molecular weight is 701 g/mol. The number of fused-ring (bicyclic) bond motifs is 3. The summed E-state index contributed by atoms with van der Waals surface area (Å²) >= 11 is 0. The topological polar surface area (TPSA) is 222 Å². The van der Waals surface area contributed by atoms with Crippen molar-refractivity contribution < 1.29 is 63.8 Å². The Labute approximate surface area is 291 Å². The Morgan fingerprint density at radius 3 is 1.82 bits per heavy atom. The van der Waals surface area contributed by atoms with E-state index in [0.29, 0.717) is 0 Å². The van der Waals surface area contributed by atoms with Gasteiger partial charge in [-0.25, -0.2) is 0 Å². The maximum absolute atomic E-state index is 14.0. The van der Waals surface area contributed by atoms with Gasteiger partial charge in [-0.15, -0.1) is 0 Å². The second kappa shape index (κ2) is 11.8. The summed E-state index contributed by atoms with van der Waals surface area (Å²) in [7, 11) is 0. The van der Waals surface area contributed by atoms with Crippen LogP contribution < -0.4 is 0 Å². The molecule has 51 heavy (non-hydrogen) atoms. The molecular weight excluding hydrogens is 664 g/mol. The fraction of sp³-hybridized carbons (Fsp3) is 0.368. The zero-order valence-electron chi connectivity index (χ0n) is 28.6. The van der Waals surface area contributed by atoms with Crippen molar-refractivity contribution in [3.8, 4) is 28.4 Å². The molecule has 0 heterocycles. The van der Waals surface area contributed by atoms with Crippen LogP contribution in [-0.4, -0.2) is 84.0 Å². The Hall–Kier alpha value is -5.40. The standard InChI is InChI=1S/C38H36O13/c1-14(50-16(3)39)30-22-11-18-7-8-19(32(43)25(18)35(46)26(22)23(41)12-37(30,5)48)20-9-10-21-27(33(20)44)36(47)28-24(42)13-38(6,49)31(29(28)34(21)45)15(2)51-17(4)40/h7-11,14-15,30-31,43-44,46,48-49H,12-13H2,1-6H3. The molecule has 6 unspecified atom stereocenters. The average Bonchev–Trinajstić information content (AvgIpc) is 2.97. The van der Waals surface area contributed by atoms with Crippen molar-refractivity contribution in [1.29, 1.82) is 0 Å². The Morgan fingerprint density at radius 2 is 1.22 bits per heavy atom. The van der Waals surface area contributed by atoms with Gasteiger partial charge < -0.3 is 35.0 Å². The first-order chi connectivity index (χ1) is 23.7. The number of carbonyl (C=O) groups excluding carboxylic acids is 6. The summed E-state index contributed by atoms with van der Waals surface area (Å²) in [5.41, 5.74) is -5.42. The fourth-order valence-corrected chi connectivity index (χ4v) is 8.39. The van der Waals surface area contributed by atoms with Gasteiger partial charge in [0, 0.05) is 49.0 Å². The molecule has 0 saturated heterocycles. The van der Waals surface area contributed by atoms with Crippen LogP contribution in [0.4, 0.5) is 0 Å². The van der Waals surface area contributed by atoms with E-state index < -0.39 is 112 Å². The van der Waals surface area contributed by atoms with Crippen molar-refractivity contribution >= 4 is 45.8 Å². The van der Waals surface area contributed by atoms with Gasteiger partial charge in [-0.05, 0) is 62.9 Å². The number of hydrogen-bond acceptors (Lipinski definition) is 13. The van der Waals surface area contributed by atoms with Crippen molar-refractivity contribution in [1.82, 2.24) is 0 Å². The third-order valence-electron chi connectivity index (χ3n) is 10.2. The number of esters is 2. The molecule has 6 atom stereocenters. The fourth-order valence-electron chi connectivity index (χ4n) is 8.39. The summed E-state index contributed by atoms with van der Waals surface area (Å²) in [6.07, 6.45) is -3.00. The van der Waals surface area contributed by atoms with E-state index in [1.807, 2.05) is 0 Å². The van der Waals surface area contributed by atoms with E-state index >= 15 is 0 Å². The molecule has 266 valence electrons. The minimum absolute atomic E-state index is 0.0996. The predicted octanol–water partition coefficient (Wildman–Crippen LogP) is 3.96. The van der Waals surface area contributed by atoms with Gasteiger partial charge in [0.25, 0.3) is 0 Å². The first-order valence-corrected chi connectivity index (χ1v) is 16.3. The van der Waals surface area contributed by atoms with Gasteiger partial charge in [-0.3, -0.25) is 28.8 Å². The largest absolute Gasteiger partial charge is 0.507 e. The van der Waals surface area contributed by atoms with E-state index in [9.17, 15) is 54.3 Å². The number of ether oxygens (including phenoxy) is 2. The lowest BCUT2D eigenvalue weighted by Crippen LogP contribution is -2.52. The van der Waals surface area contributed by atoms with Gasteiger partial charge in [0.05, 0.1) is 45.1 Å². The number of rotatable bonds is 5. The van der Waals surface area contributed by atoms with Crippen molar-refractivity contribution in [3.63, 3.8) is 0 Å². The van der Waals surface area contributed by atoms with E-state index in [-0.39, 0.29) is 44.2 Å². The molecule has 3 aliphatic rings. The third-order valence-corrected chi connectivity index (χ3v) is 10.2. The number of Topliss-reactive ketones (excluding diaryl/α,β-unsaturated/α-hetero) is 4. The number of aliphatic hydroxyl groups is 2. The van der Waals surface area contributed by atoms with Crippen LogP contribution in [0.1, 0.15) is 96.9 Å². The Balaban J connectivity index is 1.51. The number of hydrogen-bond donors (Lipinski definition) is 5. The van der Waals surface area contributed by atoms with Crippen LogP contribution in [0.2, 0.25) is 0 Å². The minimum Gasteiger partial charge on any atom is -0.507 e. The van der Waals surface area contributed by atoms with Crippen molar-refractivity contribution in [2.24, 2.45) is 5.92 Å². The third kappa shape index (κ3) is 5.38. The molecule has 0 aromatic heterocycles. The Bertz CT molecular complexity index is 2170. The quantitative estimate of drug-likeness (QED) is 0.188. The molecule has 3 aromatic carbocycles. The smallest absolute Gasteiger partial charge is 0.302 e. The number of allylic oxidation sites excluding steroid dienone is 1. The molecule has 3 aromatic rings. The van der Waals surface area contributed by atoms with Crippen molar-refractivity contribution in [2.45, 2.75) is 83.7 Å². The maximum atomic E-state index is 14.0. The summed E-state index contributed by atoms with van der Waals surface area (Å²) in [6.45, 7) is 8.05. The number of phenolic OH excluding ortho intramolecular Hbond substituents is 3. The summed E-state index contributed by atoms with van der Waals surface area (Å²) < 4.78 is 10.6. The normalized spacial score (nSPS) is 25.6. The molecule has 3 aliphatic carbocycles. The lowest BCUT2D eigenvalue weighted by Gasteiger charge is -2.42. The predicted molar refractivity (Wildman–Crippen MR) is 179 cm³/mol. The summed E-state index contributed by atoms with van der Waals surface area (Å²) in [5.74, 6) is -8.76. The first-order valence-electron chi connectivity index (χ1n) is 16.3. The number of aromatic hydroxyl groups is 3. The van der Waals surface area contributed by atoms with Gasteiger partial charge in [-0.2, -0.15) is 0 Å². The highest BCUT2D eigenvalue weighted by atomic mass is 16.5. The molecule has 0 radical (unpaired) electrons. The molecule has 13 heteroatoms. The van der Waals surface area contributed by atoms with E-state index in [1.165, 1.54) is 58.0 Å². The molecule has 13 nitrogen and oxygen atoms in total. The molecule has 0 amide bonds. The maximum Gasteiger partial charge on any atom is 0.302 e. The zero-order valence-corrected chi connectivity index (χ0v) is 28.6. The Kier molecular flexibility index (Phi) is 8.23. The van der Waals surface area contributed by atoms with Gasteiger partial charge >= 0.3 is 11.9 Å². The molecular formula is C38H36O13. The molecule has 5 N–H and O–H groups in total. The number of phenols is 3. The van der Waals surface area contributed by atoms with E-state index in [4.69, 9.17) is 9.47 Å². The van der Waals surface area contributed by atoms with Crippen LogP contribution in [0.5, 0.6) is 17.2 Å². The van der Waals surface area contributed by atoms with Gasteiger partial charge in [0.1, 0.15) is 29.5 Å². The molecule has 0 fully saturated rings. The van der Waals surface area contributed by atoms with Crippen LogP contribution in [0, 0.1) is 5.92 Å².